The summed E-state index contributed by atoms with van der Waals surface area (Å²) in [7, 11) is 0. The van der Waals surface area contributed by atoms with E-state index in [1.165, 1.54) is 10.6 Å². The lowest BCUT2D eigenvalue weighted by molar-refractivity contribution is 0.369. The van der Waals surface area contributed by atoms with Crippen LogP contribution in [-0.4, -0.2) is 19.3 Å². The van der Waals surface area contributed by atoms with Crippen molar-refractivity contribution in [2.45, 2.75) is 13.1 Å². The van der Waals surface area contributed by atoms with E-state index in [4.69, 9.17) is 4.52 Å². The van der Waals surface area contributed by atoms with Crippen LogP contribution in [0.15, 0.2) is 81.4 Å². The molecule has 0 aliphatic carbocycles. The molecule has 0 aliphatic heterocycles. The summed E-state index contributed by atoms with van der Waals surface area (Å²) in [4.78, 5) is 29.8. The van der Waals surface area contributed by atoms with E-state index in [1.54, 1.807) is 24.3 Å². The molecule has 7 heteroatoms. The molecule has 0 unspecified atom stereocenters. The number of allylic oxidation sites excluding steroid dienone is 1. The maximum atomic E-state index is 12.9. The normalized spacial score (nSPS) is 11.0. The number of rotatable bonds is 5. The minimum absolute atomic E-state index is 0.0661. The zero-order chi connectivity index (χ0) is 18.8. The Kier molecular flexibility index (Phi) is 4.25. The summed E-state index contributed by atoms with van der Waals surface area (Å²) >= 11 is 0. The van der Waals surface area contributed by atoms with Gasteiger partial charge < -0.3 is 4.52 Å². The Bertz CT molecular complexity index is 1240. The highest BCUT2D eigenvalue weighted by atomic mass is 16.5. The predicted molar refractivity (Wildman–Crippen MR) is 102 cm³/mol. The van der Waals surface area contributed by atoms with Crippen LogP contribution < -0.4 is 11.2 Å². The van der Waals surface area contributed by atoms with E-state index in [2.05, 4.69) is 16.7 Å². The summed E-state index contributed by atoms with van der Waals surface area (Å²) in [6.45, 7) is 3.81. The molecule has 2 aromatic carbocycles. The third kappa shape index (κ3) is 2.99. The van der Waals surface area contributed by atoms with Crippen LogP contribution in [-0.2, 0) is 13.1 Å². The molecule has 4 rings (SSSR count). The fourth-order valence-corrected chi connectivity index (χ4v) is 2.97. The van der Waals surface area contributed by atoms with Gasteiger partial charge in [-0.1, -0.05) is 53.7 Å². The average Bonchev–Trinajstić information content (AvgIpc) is 3.18. The van der Waals surface area contributed by atoms with Crippen LogP contribution in [0.4, 0.5) is 0 Å². The van der Waals surface area contributed by atoms with Crippen LogP contribution in [0.5, 0.6) is 0 Å². The molecule has 7 nitrogen and oxygen atoms in total. The minimum atomic E-state index is -0.446. The van der Waals surface area contributed by atoms with Gasteiger partial charge in [0, 0.05) is 12.1 Å². The lowest BCUT2D eigenvalue weighted by atomic mass is 10.2. The molecule has 0 radical (unpaired) electrons. The van der Waals surface area contributed by atoms with Gasteiger partial charge in [0.2, 0.25) is 11.7 Å². The number of benzene rings is 2. The number of para-hydroxylation sites is 1. The Morgan fingerprint density at radius 3 is 2.52 bits per heavy atom. The van der Waals surface area contributed by atoms with E-state index in [9.17, 15) is 9.59 Å². The molecule has 0 spiro atoms. The quantitative estimate of drug-likeness (QED) is 0.511. The highest BCUT2D eigenvalue weighted by Gasteiger charge is 2.15. The SMILES string of the molecule is C=CCn1c(=O)c2ccccc2n(Cc2nc(-c3ccccc3)no2)c1=O. The van der Waals surface area contributed by atoms with Gasteiger partial charge in [-0.2, -0.15) is 4.98 Å². The minimum Gasteiger partial charge on any atom is -0.337 e. The summed E-state index contributed by atoms with van der Waals surface area (Å²) in [5, 5.41) is 4.43. The summed E-state index contributed by atoms with van der Waals surface area (Å²) in [5.74, 6) is 0.729. The lowest BCUT2D eigenvalue weighted by Gasteiger charge is -2.11. The van der Waals surface area contributed by atoms with E-state index in [1.807, 2.05) is 30.3 Å². The highest BCUT2D eigenvalue weighted by molar-refractivity contribution is 5.77. The van der Waals surface area contributed by atoms with Crippen molar-refractivity contribution in [2.24, 2.45) is 0 Å². The van der Waals surface area contributed by atoms with Gasteiger partial charge in [0.25, 0.3) is 5.56 Å². The van der Waals surface area contributed by atoms with Crippen LogP contribution in [0.1, 0.15) is 5.89 Å². The predicted octanol–water partition coefficient (Wildman–Crippen LogP) is 2.45. The second-order valence-corrected chi connectivity index (χ2v) is 5.97. The van der Waals surface area contributed by atoms with Crippen molar-refractivity contribution in [3.8, 4) is 11.4 Å². The largest absolute Gasteiger partial charge is 0.337 e. The first kappa shape index (κ1) is 16.7. The monoisotopic (exact) mass is 360 g/mol. The van der Waals surface area contributed by atoms with Crippen molar-refractivity contribution < 1.29 is 4.52 Å². The first-order chi connectivity index (χ1) is 13.2. The van der Waals surface area contributed by atoms with Crippen LogP contribution in [0.3, 0.4) is 0 Å². The van der Waals surface area contributed by atoms with Gasteiger partial charge in [-0.15, -0.1) is 6.58 Å². The maximum absolute atomic E-state index is 12.9. The zero-order valence-electron chi connectivity index (χ0n) is 14.4. The van der Waals surface area contributed by atoms with Crippen molar-refractivity contribution >= 4 is 10.9 Å². The smallest absolute Gasteiger partial charge is 0.332 e. The van der Waals surface area contributed by atoms with Crippen LogP contribution in [0, 0.1) is 0 Å². The fraction of sp³-hybridized carbons (Fsp3) is 0.100. The molecule has 0 bridgehead atoms. The van der Waals surface area contributed by atoms with E-state index < -0.39 is 5.69 Å². The van der Waals surface area contributed by atoms with Gasteiger partial charge in [0.15, 0.2) is 0 Å². The van der Waals surface area contributed by atoms with Crippen molar-refractivity contribution in [1.82, 2.24) is 19.3 Å². The average molecular weight is 360 g/mol. The summed E-state index contributed by atoms with van der Waals surface area (Å²) in [6.07, 6.45) is 1.52. The third-order valence-corrected chi connectivity index (χ3v) is 4.24. The molecule has 2 heterocycles. The number of aromatic nitrogens is 4. The number of hydrogen-bond acceptors (Lipinski definition) is 5. The summed E-state index contributed by atoms with van der Waals surface area (Å²) in [5.41, 5.74) is 0.550. The van der Waals surface area contributed by atoms with Crippen molar-refractivity contribution in [2.75, 3.05) is 0 Å². The molecular weight excluding hydrogens is 344 g/mol. The van der Waals surface area contributed by atoms with Gasteiger partial charge in [-0.25, -0.2) is 4.79 Å². The fourth-order valence-electron chi connectivity index (χ4n) is 2.97. The summed E-state index contributed by atoms with van der Waals surface area (Å²) in [6, 6.07) is 16.4. The molecule has 0 saturated heterocycles. The van der Waals surface area contributed by atoms with Gasteiger partial charge in [0.05, 0.1) is 10.9 Å². The Morgan fingerprint density at radius 1 is 1.00 bits per heavy atom. The molecule has 0 N–H and O–H groups in total. The maximum Gasteiger partial charge on any atom is 0.332 e. The van der Waals surface area contributed by atoms with E-state index in [-0.39, 0.29) is 24.5 Å². The van der Waals surface area contributed by atoms with Crippen LogP contribution in [0.25, 0.3) is 22.3 Å². The Morgan fingerprint density at radius 2 is 1.74 bits per heavy atom. The zero-order valence-corrected chi connectivity index (χ0v) is 14.4. The second kappa shape index (κ2) is 6.87. The van der Waals surface area contributed by atoms with Gasteiger partial charge >= 0.3 is 5.69 Å². The van der Waals surface area contributed by atoms with E-state index >= 15 is 0 Å². The Balaban J connectivity index is 1.83. The van der Waals surface area contributed by atoms with Crippen LogP contribution in [0.2, 0.25) is 0 Å². The number of nitrogens with zero attached hydrogens (tertiary/aromatic N) is 4. The van der Waals surface area contributed by atoms with Gasteiger partial charge in [-0.3, -0.25) is 13.9 Å². The van der Waals surface area contributed by atoms with E-state index in [0.717, 1.165) is 10.1 Å². The first-order valence-corrected chi connectivity index (χ1v) is 8.40. The molecule has 0 aliphatic rings. The molecule has 134 valence electrons. The van der Waals surface area contributed by atoms with Crippen LogP contribution >= 0.6 is 0 Å². The van der Waals surface area contributed by atoms with Crippen molar-refractivity contribution in [3.63, 3.8) is 0 Å². The Labute approximate surface area is 153 Å². The molecule has 0 saturated carbocycles. The van der Waals surface area contributed by atoms with Crippen molar-refractivity contribution in [3.05, 3.63) is 94.0 Å². The van der Waals surface area contributed by atoms with Gasteiger partial charge in [0.1, 0.15) is 6.54 Å². The first-order valence-electron chi connectivity index (χ1n) is 8.40. The topological polar surface area (TPSA) is 82.9 Å². The second-order valence-electron chi connectivity index (χ2n) is 5.97. The molecular formula is C20H16N4O3. The Hall–Kier alpha value is -3.74. The molecule has 2 aromatic heterocycles. The molecule has 27 heavy (non-hydrogen) atoms. The van der Waals surface area contributed by atoms with E-state index in [0.29, 0.717) is 16.7 Å². The van der Waals surface area contributed by atoms with Crippen molar-refractivity contribution in [1.29, 1.82) is 0 Å². The molecule has 0 amide bonds. The third-order valence-electron chi connectivity index (χ3n) is 4.24. The number of hydrogen-bond donors (Lipinski definition) is 0. The standard InChI is InChI=1S/C20H16N4O3/c1-2-12-23-19(25)15-10-6-7-11-16(15)24(20(23)26)13-17-21-18(22-27-17)14-8-4-3-5-9-14/h2-11H,1,12-13H2. The highest BCUT2D eigenvalue weighted by Crippen LogP contribution is 2.16. The molecule has 0 atom stereocenters. The lowest BCUT2D eigenvalue weighted by Crippen LogP contribution is -2.40. The van der Waals surface area contributed by atoms with Gasteiger partial charge in [-0.05, 0) is 12.1 Å². The molecule has 4 aromatic rings. The number of fused-ring (bicyclic) bond motifs is 1. The molecule has 0 fully saturated rings. The summed E-state index contributed by atoms with van der Waals surface area (Å²) < 4.78 is 7.93.